The molecule has 2 heterocycles. The summed E-state index contributed by atoms with van der Waals surface area (Å²) in [5.74, 6) is 0.615. The number of hydrogen-bond acceptors (Lipinski definition) is 5. The van der Waals surface area contributed by atoms with E-state index in [0.717, 1.165) is 30.1 Å². The molecular formula is C12H15N3O3S. The average Bonchev–Trinajstić information content (AvgIpc) is 2.94. The summed E-state index contributed by atoms with van der Waals surface area (Å²) in [6.07, 6.45) is 2.53. The van der Waals surface area contributed by atoms with Crippen molar-refractivity contribution in [2.45, 2.75) is 32.0 Å². The summed E-state index contributed by atoms with van der Waals surface area (Å²) in [5, 5.41) is 17.6. The third kappa shape index (κ3) is 2.98. The number of carbonyl (C=O) groups is 1. The highest BCUT2D eigenvalue weighted by atomic mass is 32.2. The van der Waals surface area contributed by atoms with Crippen molar-refractivity contribution in [2.75, 3.05) is 5.75 Å². The van der Waals surface area contributed by atoms with E-state index in [1.54, 1.807) is 6.26 Å². The van der Waals surface area contributed by atoms with E-state index in [1.807, 2.05) is 17.6 Å². The van der Waals surface area contributed by atoms with Gasteiger partial charge in [-0.2, -0.15) is 0 Å². The average molecular weight is 281 g/mol. The van der Waals surface area contributed by atoms with Gasteiger partial charge in [-0.1, -0.05) is 18.7 Å². The molecule has 0 aliphatic carbocycles. The highest BCUT2D eigenvalue weighted by Crippen LogP contribution is 2.27. The fourth-order valence-corrected chi connectivity index (χ4v) is 2.45. The first-order valence-corrected chi connectivity index (χ1v) is 6.94. The molecule has 102 valence electrons. The van der Waals surface area contributed by atoms with Crippen LogP contribution >= 0.6 is 11.8 Å². The Balaban J connectivity index is 2.34. The lowest BCUT2D eigenvalue weighted by Crippen LogP contribution is -2.04. The highest BCUT2D eigenvalue weighted by molar-refractivity contribution is 7.99. The Morgan fingerprint density at radius 3 is 2.89 bits per heavy atom. The second kappa shape index (κ2) is 5.92. The maximum Gasteiger partial charge on any atom is 0.313 e. The van der Waals surface area contributed by atoms with E-state index >= 15 is 0 Å². The van der Waals surface area contributed by atoms with Gasteiger partial charge in [0.05, 0.1) is 17.6 Å². The number of thioether (sulfide) groups is 1. The molecule has 0 amide bonds. The molecule has 19 heavy (non-hydrogen) atoms. The SMILES string of the molecule is CCCn1c(SCC(=O)O)nnc1-c1ccoc1C. The Bertz CT molecular complexity index is 577. The van der Waals surface area contributed by atoms with Crippen LogP contribution in [0.4, 0.5) is 0 Å². The molecule has 7 heteroatoms. The van der Waals surface area contributed by atoms with Crippen LogP contribution in [0.2, 0.25) is 0 Å². The first kappa shape index (κ1) is 13.7. The van der Waals surface area contributed by atoms with Crippen LogP contribution in [0.3, 0.4) is 0 Å². The van der Waals surface area contributed by atoms with Crippen molar-refractivity contribution >= 4 is 17.7 Å². The van der Waals surface area contributed by atoms with Gasteiger partial charge in [0.2, 0.25) is 0 Å². The Kier molecular flexibility index (Phi) is 4.26. The van der Waals surface area contributed by atoms with Gasteiger partial charge in [0.25, 0.3) is 0 Å². The third-order valence-corrected chi connectivity index (χ3v) is 3.54. The molecule has 0 aromatic carbocycles. The number of hydrogen-bond donors (Lipinski definition) is 1. The molecule has 0 fully saturated rings. The zero-order chi connectivity index (χ0) is 13.8. The van der Waals surface area contributed by atoms with Gasteiger partial charge in [-0.15, -0.1) is 10.2 Å². The summed E-state index contributed by atoms with van der Waals surface area (Å²) in [7, 11) is 0. The Hall–Kier alpha value is -1.76. The normalized spacial score (nSPS) is 10.8. The fraction of sp³-hybridized carbons (Fsp3) is 0.417. The Morgan fingerprint density at radius 1 is 1.53 bits per heavy atom. The summed E-state index contributed by atoms with van der Waals surface area (Å²) in [6, 6.07) is 1.84. The highest BCUT2D eigenvalue weighted by Gasteiger charge is 2.17. The monoisotopic (exact) mass is 281 g/mol. The van der Waals surface area contributed by atoms with Crippen molar-refractivity contribution in [1.29, 1.82) is 0 Å². The van der Waals surface area contributed by atoms with Crippen molar-refractivity contribution in [3.63, 3.8) is 0 Å². The second-order valence-corrected chi connectivity index (χ2v) is 4.97. The molecule has 0 saturated heterocycles. The van der Waals surface area contributed by atoms with Crippen LogP contribution in [-0.4, -0.2) is 31.6 Å². The van der Waals surface area contributed by atoms with Crippen LogP contribution in [0, 0.1) is 6.92 Å². The van der Waals surface area contributed by atoms with Gasteiger partial charge in [0, 0.05) is 6.54 Å². The maximum atomic E-state index is 10.6. The van der Waals surface area contributed by atoms with E-state index < -0.39 is 5.97 Å². The van der Waals surface area contributed by atoms with Gasteiger partial charge in [-0.25, -0.2) is 0 Å². The van der Waals surface area contributed by atoms with Crippen molar-refractivity contribution in [2.24, 2.45) is 0 Å². The number of furan rings is 1. The number of nitrogens with zero attached hydrogens (tertiary/aromatic N) is 3. The van der Waals surface area contributed by atoms with Gasteiger partial charge in [-0.05, 0) is 19.4 Å². The maximum absolute atomic E-state index is 10.6. The molecule has 0 spiro atoms. The first-order chi connectivity index (χ1) is 9.13. The standard InChI is InChI=1S/C12H15N3O3S/c1-3-5-15-11(9-4-6-18-8(9)2)13-14-12(15)19-7-10(16)17/h4,6H,3,5,7H2,1-2H3,(H,16,17). The molecule has 0 aliphatic rings. The molecule has 0 aliphatic heterocycles. The van der Waals surface area contributed by atoms with E-state index in [0.29, 0.717) is 5.16 Å². The van der Waals surface area contributed by atoms with E-state index in [9.17, 15) is 4.79 Å². The van der Waals surface area contributed by atoms with Gasteiger partial charge in [0.15, 0.2) is 11.0 Å². The van der Waals surface area contributed by atoms with Crippen molar-refractivity contribution < 1.29 is 14.3 Å². The number of aromatic nitrogens is 3. The molecule has 1 N–H and O–H groups in total. The van der Waals surface area contributed by atoms with Crippen LogP contribution in [0.25, 0.3) is 11.4 Å². The fourth-order valence-electron chi connectivity index (χ4n) is 1.76. The van der Waals surface area contributed by atoms with E-state index in [1.165, 1.54) is 11.8 Å². The number of carboxylic acid groups (broad SMARTS) is 1. The zero-order valence-electron chi connectivity index (χ0n) is 10.8. The summed E-state index contributed by atoms with van der Waals surface area (Å²) >= 11 is 1.18. The molecule has 0 saturated carbocycles. The summed E-state index contributed by atoms with van der Waals surface area (Å²) in [4.78, 5) is 10.6. The summed E-state index contributed by atoms with van der Waals surface area (Å²) in [5.41, 5.74) is 0.892. The second-order valence-electron chi connectivity index (χ2n) is 4.03. The third-order valence-electron chi connectivity index (χ3n) is 2.59. The molecule has 0 bridgehead atoms. The van der Waals surface area contributed by atoms with Crippen LogP contribution < -0.4 is 0 Å². The first-order valence-electron chi connectivity index (χ1n) is 5.95. The number of aliphatic carboxylic acids is 1. The van der Waals surface area contributed by atoms with Crippen LogP contribution in [0.15, 0.2) is 21.9 Å². The smallest absolute Gasteiger partial charge is 0.313 e. The summed E-state index contributed by atoms with van der Waals surface area (Å²) < 4.78 is 7.21. The molecular weight excluding hydrogens is 266 g/mol. The van der Waals surface area contributed by atoms with Crippen LogP contribution in [0.1, 0.15) is 19.1 Å². The Morgan fingerprint density at radius 2 is 2.32 bits per heavy atom. The van der Waals surface area contributed by atoms with Gasteiger partial charge >= 0.3 is 5.97 Å². The quantitative estimate of drug-likeness (QED) is 0.819. The zero-order valence-corrected chi connectivity index (χ0v) is 11.6. The molecule has 2 aromatic heterocycles. The lowest BCUT2D eigenvalue weighted by molar-refractivity contribution is -0.133. The van der Waals surface area contributed by atoms with Gasteiger partial charge in [0.1, 0.15) is 5.76 Å². The summed E-state index contributed by atoms with van der Waals surface area (Å²) in [6.45, 7) is 4.66. The Labute approximate surface area is 114 Å². The van der Waals surface area contributed by atoms with Crippen molar-refractivity contribution in [3.8, 4) is 11.4 Å². The van der Waals surface area contributed by atoms with E-state index in [4.69, 9.17) is 9.52 Å². The lowest BCUT2D eigenvalue weighted by atomic mass is 10.2. The number of carboxylic acids is 1. The van der Waals surface area contributed by atoms with Gasteiger partial charge < -0.3 is 14.1 Å². The minimum Gasteiger partial charge on any atom is -0.481 e. The predicted molar refractivity (Wildman–Crippen MR) is 71.1 cm³/mol. The molecule has 2 rings (SSSR count). The molecule has 0 atom stereocenters. The van der Waals surface area contributed by atoms with E-state index in [2.05, 4.69) is 17.1 Å². The molecule has 0 radical (unpaired) electrons. The minimum absolute atomic E-state index is 0.0216. The number of rotatable bonds is 6. The van der Waals surface area contributed by atoms with E-state index in [-0.39, 0.29) is 5.75 Å². The van der Waals surface area contributed by atoms with Crippen molar-refractivity contribution in [3.05, 3.63) is 18.1 Å². The largest absolute Gasteiger partial charge is 0.481 e. The van der Waals surface area contributed by atoms with Crippen molar-refractivity contribution in [1.82, 2.24) is 14.8 Å². The molecule has 6 nitrogen and oxygen atoms in total. The predicted octanol–water partition coefficient (Wildman–Crippen LogP) is 2.43. The lowest BCUT2D eigenvalue weighted by Gasteiger charge is -2.07. The molecule has 2 aromatic rings. The van der Waals surface area contributed by atoms with Crippen LogP contribution in [0.5, 0.6) is 0 Å². The van der Waals surface area contributed by atoms with Crippen LogP contribution in [-0.2, 0) is 11.3 Å². The topological polar surface area (TPSA) is 81.2 Å². The number of aryl methyl sites for hydroxylation is 1. The van der Waals surface area contributed by atoms with Gasteiger partial charge in [-0.3, -0.25) is 4.79 Å². The molecule has 0 unspecified atom stereocenters. The minimum atomic E-state index is -0.864.